The van der Waals surface area contributed by atoms with Crippen LogP contribution in [-0.4, -0.2) is 56.9 Å². The molecule has 1 saturated heterocycles. The Bertz CT molecular complexity index is 715. The van der Waals surface area contributed by atoms with Crippen LogP contribution >= 0.6 is 0 Å². The van der Waals surface area contributed by atoms with Crippen molar-refractivity contribution in [1.29, 1.82) is 0 Å². The molecule has 0 radical (unpaired) electrons. The number of ether oxygens (including phenoxy) is 1. The monoisotopic (exact) mass is 343 g/mol. The molecule has 2 aromatic rings. The van der Waals surface area contributed by atoms with Crippen molar-refractivity contribution in [2.75, 3.05) is 26.3 Å². The fourth-order valence-corrected chi connectivity index (χ4v) is 3.19. The van der Waals surface area contributed by atoms with Crippen molar-refractivity contribution < 1.29 is 9.53 Å². The van der Waals surface area contributed by atoms with E-state index in [1.807, 2.05) is 35.7 Å². The third-order valence-electron chi connectivity index (χ3n) is 4.57. The van der Waals surface area contributed by atoms with E-state index in [1.165, 1.54) is 0 Å². The van der Waals surface area contributed by atoms with E-state index in [2.05, 4.69) is 15.1 Å². The molecule has 0 bridgehead atoms. The summed E-state index contributed by atoms with van der Waals surface area (Å²) in [7, 11) is 1.90. The Morgan fingerprint density at radius 1 is 1.40 bits per heavy atom. The van der Waals surface area contributed by atoms with Gasteiger partial charge >= 0.3 is 0 Å². The average Bonchev–Trinajstić information content (AvgIpc) is 2.85. The Balaban J connectivity index is 1.57. The molecule has 1 fully saturated rings. The normalized spacial score (nSPS) is 18.2. The number of rotatable bonds is 5. The topological polar surface area (TPSA) is 73.1 Å². The summed E-state index contributed by atoms with van der Waals surface area (Å²) in [6, 6.07) is 3.96. The lowest BCUT2D eigenvalue weighted by atomic mass is 10.0. The van der Waals surface area contributed by atoms with Crippen LogP contribution in [0, 0.1) is 12.8 Å². The van der Waals surface area contributed by atoms with Crippen LogP contribution in [0.15, 0.2) is 24.7 Å². The first-order valence-electron chi connectivity index (χ1n) is 8.71. The van der Waals surface area contributed by atoms with Crippen molar-refractivity contribution in [3.8, 4) is 0 Å². The van der Waals surface area contributed by atoms with E-state index in [0.717, 1.165) is 23.5 Å². The number of aromatic nitrogens is 4. The number of aryl methyl sites for hydroxylation is 3. The molecule has 1 amide bonds. The van der Waals surface area contributed by atoms with Crippen molar-refractivity contribution in [3.05, 3.63) is 41.7 Å². The first-order chi connectivity index (χ1) is 12.1. The van der Waals surface area contributed by atoms with Crippen LogP contribution in [0.3, 0.4) is 0 Å². The quantitative estimate of drug-likeness (QED) is 0.815. The predicted molar refractivity (Wildman–Crippen MR) is 92.9 cm³/mol. The lowest BCUT2D eigenvalue weighted by Crippen LogP contribution is -2.36. The zero-order valence-corrected chi connectivity index (χ0v) is 14.9. The molecule has 0 aromatic carbocycles. The van der Waals surface area contributed by atoms with Gasteiger partial charge in [-0.2, -0.15) is 5.10 Å². The number of nitrogens with zero attached hydrogens (tertiary/aromatic N) is 5. The van der Waals surface area contributed by atoms with Gasteiger partial charge in [-0.25, -0.2) is 9.97 Å². The van der Waals surface area contributed by atoms with Crippen molar-refractivity contribution in [3.63, 3.8) is 0 Å². The number of hydrogen-bond donors (Lipinski definition) is 0. The van der Waals surface area contributed by atoms with Gasteiger partial charge in [0.2, 0.25) is 5.91 Å². The standard InChI is InChI=1S/C18H25N5O2/c1-14-9-16(20-13-19-14)10-15-11-23(7-8-25-12-15)18(24)4-3-17-5-6-21-22(17)2/h5-6,9,13,15H,3-4,7-8,10-12H2,1-2H3. The van der Waals surface area contributed by atoms with Crippen LogP contribution in [0.5, 0.6) is 0 Å². The van der Waals surface area contributed by atoms with Gasteiger partial charge in [0.1, 0.15) is 6.33 Å². The average molecular weight is 343 g/mol. The molecule has 7 nitrogen and oxygen atoms in total. The second kappa shape index (κ2) is 8.20. The van der Waals surface area contributed by atoms with E-state index >= 15 is 0 Å². The first kappa shape index (κ1) is 17.5. The molecule has 0 spiro atoms. The molecular formula is C18H25N5O2. The molecule has 1 unspecified atom stereocenters. The van der Waals surface area contributed by atoms with Crippen LogP contribution in [0.2, 0.25) is 0 Å². The summed E-state index contributed by atoms with van der Waals surface area (Å²) < 4.78 is 7.53. The van der Waals surface area contributed by atoms with Crippen molar-refractivity contribution >= 4 is 5.91 Å². The van der Waals surface area contributed by atoms with E-state index in [9.17, 15) is 4.79 Å². The maximum Gasteiger partial charge on any atom is 0.223 e. The highest BCUT2D eigenvalue weighted by molar-refractivity contribution is 5.76. The molecule has 1 atom stereocenters. The summed E-state index contributed by atoms with van der Waals surface area (Å²) in [5.74, 6) is 0.438. The molecule has 0 saturated carbocycles. The maximum absolute atomic E-state index is 12.6. The van der Waals surface area contributed by atoms with Gasteiger partial charge in [-0.1, -0.05) is 0 Å². The van der Waals surface area contributed by atoms with E-state index in [0.29, 0.717) is 39.1 Å². The molecular weight excluding hydrogens is 318 g/mol. The molecule has 3 rings (SSSR count). The number of hydrogen-bond acceptors (Lipinski definition) is 5. The number of carbonyl (C=O) groups is 1. The van der Waals surface area contributed by atoms with Gasteiger partial charge in [0.05, 0.1) is 13.2 Å². The van der Waals surface area contributed by atoms with Crippen LogP contribution in [0.25, 0.3) is 0 Å². The predicted octanol–water partition coefficient (Wildman–Crippen LogP) is 1.17. The summed E-state index contributed by atoms with van der Waals surface area (Å²) in [6.45, 7) is 4.59. The summed E-state index contributed by atoms with van der Waals surface area (Å²) >= 11 is 0. The van der Waals surface area contributed by atoms with E-state index in [4.69, 9.17) is 4.74 Å². The third-order valence-corrected chi connectivity index (χ3v) is 4.57. The summed E-state index contributed by atoms with van der Waals surface area (Å²) in [6.07, 6.45) is 5.37. The highest BCUT2D eigenvalue weighted by Gasteiger charge is 2.23. The molecule has 2 aromatic heterocycles. The van der Waals surface area contributed by atoms with Crippen LogP contribution < -0.4 is 0 Å². The Morgan fingerprint density at radius 2 is 2.28 bits per heavy atom. The minimum Gasteiger partial charge on any atom is -0.379 e. The van der Waals surface area contributed by atoms with E-state index in [1.54, 1.807) is 12.5 Å². The van der Waals surface area contributed by atoms with Crippen molar-refractivity contribution in [1.82, 2.24) is 24.6 Å². The molecule has 25 heavy (non-hydrogen) atoms. The molecule has 1 aliphatic heterocycles. The fraction of sp³-hybridized carbons (Fsp3) is 0.556. The van der Waals surface area contributed by atoms with Crippen LogP contribution in [0.4, 0.5) is 0 Å². The van der Waals surface area contributed by atoms with Gasteiger partial charge in [-0.3, -0.25) is 9.48 Å². The molecule has 0 N–H and O–H groups in total. The highest BCUT2D eigenvalue weighted by Crippen LogP contribution is 2.14. The Labute approximate surface area is 148 Å². The first-order valence-corrected chi connectivity index (χ1v) is 8.71. The number of amides is 1. The zero-order chi connectivity index (χ0) is 17.6. The van der Waals surface area contributed by atoms with E-state index < -0.39 is 0 Å². The molecule has 1 aliphatic rings. The van der Waals surface area contributed by atoms with Gasteiger partial charge < -0.3 is 9.64 Å². The highest BCUT2D eigenvalue weighted by atomic mass is 16.5. The lowest BCUT2D eigenvalue weighted by Gasteiger charge is -2.23. The van der Waals surface area contributed by atoms with Crippen molar-refractivity contribution in [2.24, 2.45) is 13.0 Å². The van der Waals surface area contributed by atoms with Gasteiger partial charge in [0.25, 0.3) is 0 Å². The largest absolute Gasteiger partial charge is 0.379 e. The Hall–Kier alpha value is -2.28. The minimum absolute atomic E-state index is 0.176. The van der Waals surface area contributed by atoms with Gasteiger partial charge in [-0.05, 0) is 31.9 Å². The smallest absolute Gasteiger partial charge is 0.223 e. The summed E-state index contributed by atoms with van der Waals surface area (Å²) in [5.41, 5.74) is 3.04. The maximum atomic E-state index is 12.6. The summed E-state index contributed by atoms with van der Waals surface area (Å²) in [4.78, 5) is 23.0. The minimum atomic E-state index is 0.176. The second-order valence-corrected chi connectivity index (χ2v) is 6.58. The Morgan fingerprint density at radius 3 is 3.04 bits per heavy atom. The van der Waals surface area contributed by atoms with Gasteiger partial charge in [0.15, 0.2) is 0 Å². The second-order valence-electron chi connectivity index (χ2n) is 6.58. The Kier molecular flexibility index (Phi) is 5.75. The summed E-state index contributed by atoms with van der Waals surface area (Å²) in [5, 5.41) is 4.15. The molecule has 0 aliphatic carbocycles. The molecule has 3 heterocycles. The molecule has 7 heteroatoms. The van der Waals surface area contributed by atoms with Gasteiger partial charge in [0, 0.05) is 55.8 Å². The lowest BCUT2D eigenvalue weighted by molar-refractivity contribution is -0.131. The molecule has 134 valence electrons. The number of carbonyl (C=O) groups excluding carboxylic acids is 1. The fourth-order valence-electron chi connectivity index (χ4n) is 3.19. The third kappa shape index (κ3) is 4.85. The van der Waals surface area contributed by atoms with Crippen molar-refractivity contribution in [2.45, 2.75) is 26.2 Å². The SMILES string of the molecule is Cc1cc(CC2COCCN(C(=O)CCc3ccnn3C)C2)ncn1. The van der Waals surface area contributed by atoms with Crippen LogP contribution in [0.1, 0.15) is 23.5 Å². The van der Waals surface area contributed by atoms with Gasteiger partial charge in [-0.15, -0.1) is 0 Å². The zero-order valence-electron chi connectivity index (χ0n) is 14.9. The van der Waals surface area contributed by atoms with E-state index in [-0.39, 0.29) is 11.8 Å². The van der Waals surface area contributed by atoms with Crippen LogP contribution in [-0.2, 0) is 29.4 Å².